The molecule has 0 radical (unpaired) electrons. The third kappa shape index (κ3) is 16.8. The summed E-state index contributed by atoms with van der Waals surface area (Å²) in [6.45, 7) is 18.9. The number of unbranched alkanes of at least 4 members (excludes halogenated alkanes) is 1. The molecule has 0 amide bonds. The maximum Gasteiger partial charge on any atom is 0.435 e. The number of nitrogens with zero attached hydrogens (tertiary/aromatic N) is 4. The predicted octanol–water partition coefficient (Wildman–Crippen LogP) is 9.92. The Bertz CT molecular complexity index is 2510. The van der Waals surface area contributed by atoms with Gasteiger partial charge in [0, 0.05) is 0 Å². The predicted molar refractivity (Wildman–Crippen MR) is 274 cm³/mol. The van der Waals surface area contributed by atoms with E-state index in [4.69, 9.17) is 34.2 Å². The molecule has 3 heterocycles. The van der Waals surface area contributed by atoms with Gasteiger partial charge in [-0.25, -0.2) is 9.59 Å². The van der Waals surface area contributed by atoms with E-state index in [9.17, 15) is 14.7 Å². The Morgan fingerprint density at radius 3 is 1.70 bits per heavy atom. The van der Waals surface area contributed by atoms with E-state index in [0.717, 1.165) is 61.1 Å². The number of carbonyl (C=O) groups is 2. The van der Waals surface area contributed by atoms with E-state index in [0.29, 0.717) is 41.3 Å². The summed E-state index contributed by atoms with van der Waals surface area (Å²) >= 11 is 0. The maximum atomic E-state index is 12.5. The van der Waals surface area contributed by atoms with E-state index < -0.39 is 29.5 Å². The first-order valence-corrected chi connectivity index (χ1v) is 22.2. The highest BCUT2D eigenvalue weighted by Crippen LogP contribution is 2.31. The lowest BCUT2D eigenvalue weighted by Gasteiger charge is -2.19. The van der Waals surface area contributed by atoms with Crippen molar-refractivity contribution in [2.75, 3.05) is 33.5 Å². The first kappa shape index (κ1) is 56.1. The van der Waals surface area contributed by atoms with Gasteiger partial charge in [-0.05, 0) is 142 Å². The highest BCUT2D eigenvalue weighted by Gasteiger charge is 2.26. The number of fused-ring (bicyclic) bond motifs is 2. The van der Waals surface area contributed by atoms with E-state index in [2.05, 4.69) is 47.5 Å². The molecule has 2 atom stereocenters. The molecule has 14 nitrogen and oxygen atoms in total. The van der Waals surface area contributed by atoms with Crippen molar-refractivity contribution in [3.63, 3.8) is 0 Å². The first-order chi connectivity index (χ1) is 30.9. The standard InChI is InChI=1S/C26H34N2O5.C16H20N2O4.C9H13N.2H2S/c1-18-24-21(28(27-18)25(30)33-26(2,3)4)14-10-16-23(24)32-17-20(29)13-8-6-11-19-12-7-9-15-22(19)31-5;1-10-14-12(18(17-10)15(19)22-16(2,3)4)6-5-7-13(14)21-9-11-8-20-11;1-8-4-2-3-5-9(8)6-7-10;;/h7,9-10,12,14-16,20,29H,6,8,11,13,17H2,1-5H3;5-7,11H,8-9H2,1-4H3;2-5H,6-7,10H2,1H3;2*1H2/t20-;11-;;;/m00.../s1. The topological polar surface area (TPSA) is 175 Å². The van der Waals surface area contributed by atoms with Crippen molar-refractivity contribution in [3.05, 3.63) is 113 Å². The molecule has 16 heteroatoms. The molecule has 67 heavy (non-hydrogen) atoms. The molecule has 0 spiro atoms. The van der Waals surface area contributed by atoms with Crippen molar-refractivity contribution < 1.29 is 43.1 Å². The van der Waals surface area contributed by atoms with Gasteiger partial charge >= 0.3 is 12.2 Å². The van der Waals surface area contributed by atoms with Crippen molar-refractivity contribution in [2.45, 2.75) is 118 Å². The largest absolute Gasteiger partial charge is 0.496 e. The number of benzene rings is 4. The van der Waals surface area contributed by atoms with E-state index in [1.807, 2.05) is 97.9 Å². The third-order valence-corrected chi connectivity index (χ3v) is 10.2. The number of ether oxygens (including phenoxy) is 6. The molecule has 1 fully saturated rings. The minimum absolute atomic E-state index is 0. The number of aromatic nitrogens is 4. The van der Waals surface area contributed by atoms with Gasteiger partial charge in [-0.1, -0.05) is 61.0 Å². The van der Waals surface area contributed by atoms with E-state index in [1.165, 1.54) is 26.1 Å². The molecule has 366 valence electrons. The summed E-state index contributed by atoms with van der Waals surface area (Å²) in [6, 6.07) is 27.3. The molecule has 0 unspecified atom stereocenters. The first-order valence-electron chi connectivity index (χ1n) is 22.2. The van der Waals surface area contributed by atoms with Crippen molar-refractivity contribution in [3.8, 4) is 17.2 Å². The van der Waals surface area contributed by atoms with Crippen LogP contribution in [0.5, 0.6) is 17.2 Å². The summed E-state index contributed by atoms with van der Waals surface area (Å²) in [4.78, 5) is 24.8. The van der Waals surface area contributed by atoms with Crippen LogP contribution in [-0.4, -0.2) is 93.7 Å². The van der Waals surface area contributed by atoms with Crippen molar-refractivity contribution in [1.29, 1.82) is 0 Å². The molecule has 1 saturated heterocycles. The van der Waals surface area contributed by atoms with Crippen LogP contribution in [0.15, 0.2) is 84.9 Å². The SMILES string of the molecule is COc1ccccc1CCCC[C@H](O)COc1cccc2c1c(C)nn2C(=O)OC(C)(C)C.Cc1ccccc1CCN.Cc1nn(C(=O)OC(C)(C)C)c2cccc(OC[C@@H]3CO3)c12.S.S. The monoisotopic (exact) mass is 961 g/mol. The fourth-order valence-corrected chi connectivity index (χ4v) is 7.02. The van der Waals surface area contributed by atoms with Crippen LogP contribution >= 0.6 is 27.0 Å². The number of aryl methyl sites for hydroxylation is 4. The van der Waals surface area contributed by atoms with E-state index in [1.54, 1.807) is 19.2 Å². The average molecular weight is 962 g/mol. The van der Waals surface area contributed by atoms with Crippen LogP contribution in [0.1, 0.15) is 88.9 Å². The fraction of sp³-hybridized carbons (Fsp3) is 0.451. The summed E-state index contributed by atoms with van der Waals surface area (Å²) in [5.74, 6) is 2.20. The fourth-order valence-electron chi connectivity index (χ4n) is 7.02. The van der Waals surface area contributed by atoms with Crippen LogP contribution in [0.25, 0.3) is 21.8 Å². The number of aliphatic hydroxyl groups is 1. The average Bonchev–Trinajstić information content (AvgIpc) is 3.93. The van der Waals surface area contributed by atoms with Gasteiger partial charge in [-0.15, -0.1) is 0 Å². The molecule has 2 aromatic heterocycles. The molecule has 6 aromatic rings. The molecule has 0 saturated carbocycles. The van der Waals surface area contributed by atoms with Crippen LogP contribution in [0.2, 0.25) is 0 Å². The second kappa shape index (κ2) is 25.8. The van der Waals surface area contributed by atoms with Crippen LogP contribution in [0.4, 0.5) is 9.59 Å². The van der Waals surface area contributed by atoms with Crippen LogP contribution < -0.4 is 19.9 Å². The minimum atomic E-state index is -0.618. The summed E-state index contributed by atoms with van der Waals surface area (Å²) in [6.07, 6.45) is 2.93. The third-order valence-electron chi connectivity index (χ3n) is 10.2. The minimum Gasteiger partial charge on any atom is -0.496 e. The Labute approximate surface area is 409 Å². The van der Waals surface area contributed by atoms with Gasteiger partial charge in [0.05, 0.1) is 53.0 Å². The summed E-state index contributed by atoms with van der Waals surface area (Å²) in [5.41, 5.74) is 10.8. The Morgan fingerprint density at radius 1 is 0.716 bits per heavy atom. The maximum absolute atomic E-state index is 12.5. The molecule has 0 bridgehead atoms. The number of hydrogen-bond donors (Lipinski definition) is 2. The van der Waals surface area contributed by atoms with Gasteiger partial charge in [0.2, 0.25) is 0 Å². The number of carbonyl (C=O) groups excluding carboxylic acids is 2. The van der Waals surface area contributed by atoms with Gasteiger partial charge in [0.15, 0.2) is 0 Å². The number of para-hydroxylation sites is 1. The molecular formula is C51H71N5O9S2. The van der Waals surface area contributed by atoms with E-state index >= 15 is 0 Å². The quantitative estimate of drug-likeness (QED) is 0.0782. The number of methoxy groups -OCH3 is 1. The normalized spacial score (nSPS) is 13.4. The van der Waals surface area contributed by atoms with Crippen molar-refractivity contribution in [2.24, 2.45) is 5.73 Å². The number of nitrogens with two attached hydrogens (primary N) is 1. The van der Waals surface area contributed by atoms with Crippen LogP contribution in [-0.2, 0) is 27.1 Å². The van der Waals surface area contributed by atoms with E-state index in [-0.39, 0.29) is 39.7 Å². The summed E-state index contributed by atoms with van der Waals surface area (Å²) in [7, 11) is 1.68. The second-order valence-electron chi connectivity index (χ2n) is 18.0. The van der Waals surface area contributed by atoms with Crippen molar-refractivity contribution >= 4 is 61.0 Å². The van der Waals surface area contributed by atoms with Crippen LogP contribution in [0.3, 0.4) is 0 Å². The molecule has 4 aromatic carbocycles. The molecule has 7 rings (SSSR count). The van der Waals surface area contributed by atoms with Gasteiger partial charge < -0.3 is 39.3 Å². The molecule has 1 aliphatic heterocycles. The zero-order valence-corrected chi connectivity index (χ0v) is 42.7. The van der Waals surface area contributed by atoms with Gasteiger partial charge in [-0.3, -0.25) is 0 Å². The number of rotatable bonds is 14. The van der Waals surface area contributed by atoms with Crippen molar-refractivity contribution in [1.82, 2.24) is 19.6 Å². The summed E-state index contributed by atoms with van der Waals surface area (Å²) in [5, 5.41) is 20.7. The van der Waals surface area contributed by atoms with Gasteiger partial charge in [0.1, 0.15) is 47.8 Å². The highest BCUT2D eigenvalue weighted by molar-refractivity contribution is 7.59. The molecule has 3 N–H and O–H groups in total. The Balaban J connectivity index is 0.000000300. The number of aliphatic hydroxyl groups excluding tert-OH is 1. The number of epoxide rings is 1. The Kier molecular flexibility index (Phi) is 21.6. The highest BCUT2D eigenvalue weighted by atomic mass is 32.1. The zero-order chi connectivity index (χ0) is 47.3. The molecule has 1 aliphatic rings. The summed E-state index contributed by atoms with van der Waals surface area (Å²) < 4.78 is 35.7. The lowest BCUT2D eigenvalue weighted by Crippen LogP contribution is -2.27. The van der Waals surface area contributed by atoms with Crippen LogP contribution in [0, 0.1) is 20.8 Å². The van der Waals surface area contributed by atoms with Gasteiger partial charge in [0.25, 0.3) is 0 Å². The lowest BCUT2D eigenvalue weighted by atomic mass is 10.0. The second-order valence-corrected chi connectivity index (χ2v) is 18.0. The zero-order valence-electron chi connectivity index (χ0n) is 40.7. The number of hydrogen-bond acceptors (Lipinski definition) is 12. The molecule has 0 aliphatic carbocycles. The Hall–Kier alpha value is -5.26. The lowest BCUT2D eigenvalue weighted by molar-refractivity contribution is 0.0511. The van der Waals surface area contributed by atoms with Gasteiger partial charge in [-0.2, -0.15) is 46.6 Å². The molecular weight excluding hydrogens is 891 g/mol. The Morgan fingerprint density at radius 2 is 1.21 bits per heavy atom. The smallest absolute Gasteiger partial charge is 0.435 e.